The van der Waals surface area contributed by atoms with Crippen molar-refractivity contribution < 1.29 is 21.6 Å². The maximum absolute atomic E-state index is 13.6. The van der Waals surface area contributed by atoms with Crippen LogP contribution in [0, 0.1) is 11.3 Å². The summed E-state index contributed by atoms with van der Waals surface area (Å²) in [6.45, 7) is 4.96. The Morgan fingerprint density at radius 1 is 1.16 bits per heavy atom. The molecule has 0 amide bonds. The highest BCUT2D eigenvalue weighted by atomic mass is 32.2. The standard InChI is InChI=1S/C25H21F3N6O2S/c1-5-37(35,36)22-18-11-14(24(2,3)13-29)9-10-34(18)32-20(22)23-31-17-12-30-19-15(21(17)33(23)4)7-6-8-16(19)25(26,27)28/h6-12H,5H2,1-4H3. The average Bonchev–Trinajstić information content (AvgIpc) is 3.40. The van der Waals surface area contributed by atoms with E-state index in [2.05, 4.69) is 21.1 Å². The predicted molar refractivity (Wildman–Crippen MR) is 132 cm³/mol. The molecule has 4 heterocycles. The lowest BCUT2D eigenvalue weighted by atomic mass is 9.87. The Labute approximate surface area is 209 Å². The summed E-state index contributed by atoms with van der Waals surface area (Å²) >= 11 is 0. The summed E-state index contributed by atoms with van der Waals surface area (Å²) in [6, 6.07) is 9.32. The minimum absolute atomic E-state index is 0.0581. The van der Waals surface area contributed by atoms with Crippen LogP contribution in [0.2, 0.25) is 0 Å². The van der Waals surface area contributed by atoms with Crippen LogP contribution in [-0.4, -0.2) is 38.3 Å². The van der Waals surface area contributed by atoms with Crippen LogP contribution in [0.15, 0.2) is 47.6 Å². The molecule has 5 aromatic rings. The van der Waals surface area contributed by atoms with E-state index in [0.717, 1.165) is 6.07 Å². The second kappa shape index (κ2) is 8.01. The summed E-state index contributed by atoms with van der Waals surface area (Å²) in [5, 5.41) is 14.3. The lowest BCUT2D eigenvalue weighted by molar-refractivity contribution is -0.136. The Morgan fingerprint density at radius 3 is 2.54 bits per heavy atom. The molecule has 0 aliphatic carbocycles. The van der Waals surface area contributed by atoms with Crippen molar-refractivity contribution in [1.29, 1.82) is 5.26 Å². The molecular weight excluding hydrogens is 505 g/mol. The van der Waals surface area contributed by atoms with Gasteiger partial charge in [-0.15, -0.1) is 0 Å². The fourth-order valence-corrected chi connectivity index (χ4v) is 5.63. The third-order valence-electron chi connectivity index (χ3n) is 6.53. The molecule has 190 valence electrons. The number of fused-ring (bicyclic) bond motifs is 4. The highest BCUT2D eigenvalue weighted by molar-refractivity contribution is 7.91. The van der Waals surface area contributed by atoms with Crippen LogP contribution in [0.3, 0.4) is 0 Å². The molecule has 0 atom stereocenters. The van der Waals surface area contributed by atoms with E-state index in [1.165, 1.54) is 34.3 Å². The van der Waals surface area contributed by atoms with Crippen molar-refractivity contribution in [2.75, 3.05) is 5.75 Å². The van der Waals surface area contributed by atoms with Crippen molar-refractivity contribution in [3.8, 4) is 17.6 Å². The Morgan fingerprint density at radius 2 is 1.89 bits per heavy atom. The first-order chi connectivity index (χ1) is 17.3. The molecule has 5 rings (SSSR count). The molecule has 12 heteroatoms. The molecular formula is C25H21F3N6O2S. The van der Waals surface area contributed by atoms with Gasteiger partial charge in [0, 0.05) is 18.6 Å². The number of rotatable bonds is 4. The molecule has 0 saturated heterocycles. The van der Waals surface area contributed by atoms with Crippen molar-refractivity contribution in [2.45, 2.75) is 37.3 Å². The minimum atomic E-state index is -4.60. The van der Waals surface area contributed by atoms with Crippen molar-refractivity contribution in [2.24, 2.45) is 7.05 Å². The molecule has 4 aromatic heterocycles. The number of alkyl halides is 3. The molecule has 1 aromatic carbocycles. The monoisotopic (exact) mass is 526 g/mol. The number of benzene rings is 1. The fraction of sp³-hybridized carbons (Fsp3) is 0.280. The SMILES string of the molecule is CCS(=O)(=O)c1c(-c2nc3cnc4c(C(F)(F)F)cccc4c3n2C)nn2ccc(C(C)(C)C#N)cc12. The number of aryl methyl sites for hydroxylation is 1. The quantitative estimate of drug-likeness (QED) is 0.325. The molecule has 0 fully saturated rings. The number of nitrogens with zero attached hydrogens (tertiary/aromatic N) is 6. The number of imidazole rings is 1. The smallest absolute Gasteiger partial charge is 0.325 e. The zero-order valence-electron chi connectivity index (χ0n) is 20.3. The third-order valence-corrected chi connectivity index (χ3v) is 8.31. The van der Waals surface area contributed by atoms with Crippen LogP contribution in [0.5, 0.6) is 0 Å². The van der Waals surface area contributed by atoms with Gasteiger partial charge in [0.05, 0.1) is 45.5 Å². The first kappa shape index (κ1) is 24.7. The minimum Gasteiger partial charge on any atom is -0.325 e. The third kappa shape index (κ3) is 3.72. The van der Waals surface area contributed by atoms with Gasteiger partial charge in [-0.3, -0.25) is 4.98 Å². The predicted octanol–water partition coefficient (Wildman–Crippen LogP) is 5.05. The lowest BCUT2D eigenvalue weighted by Gasteiger charge is -2.15. The molecule has 0 radical (unpaired) electrons. The van der Waals surface area contributed by atoms with E-state index in [1.807, 2.05) is 0 Å². The van der Waals surface area contributed by atoms with Gasteiger partial charge in [0.25, 0.3) is 0 Å². The maximum atomic E-state index is 13.6. The van der Waals surface area contributed by atoms with E-state index < -0.39 is 27.0 Å². The normalized spacial score (nSPS) is 13.0. The van der Waals surface area contributed by atoms with Crippen molar-refractivity contribution in [3.05, 3.63) is 53.9 Å². The number of hydrogen-bond donors (Lipinski definition) is 0. The van der Waals surface area contributed by atoms with Crippen LogP contribution in [-0.2, 0) is 28.5 Å². The van der Waals surface area contributed by atoms with Gasteiger partial charge in [-0.05, 0) is 37.6 Å². The Balaban J connectivity index is 1.86. The summed E-state index contributed by atoms with van der Waals surface area (Å²) in [6.07, 6.45) is -1.77. The second-order valence-corrected chi connectivity index (χ2v) is 11.5. The fourth-order valence-electron chi connectivity index (χ4n) is 4.44. The van der Waals surface area contributed by atoms with E-state index in [9.17, 15) is 26.9 Å². The lowest BCUT2D eigenvalue weighted by Crippen LogP contribution is -2.14. The van der Waals surface area contributed by atoms with E-state index in [-0.39, 0.29) is 38.6 Å². The Kier molecular flexibility index (Phi) is 5.35. The topological polar surface area (TPSA) is 106 Å². The van der Waals surface area contributed by atoms with Gasteiger partial charge in [-0.1, -0.05) is 19.1 Å². The second-order valence-electron chi connectivity index (χ2n) is 9.25. The molecule has 0 bridgehead atoms. The van der Waals surface area contributed by atoms with Gasteiger partial charge in [-0.25, -0.2) is 17.9 Å². The van der Waals surface area contributed by atoms with Crippen molar-refractivity contribution >= 4 is 37.3 Å². The van der Waals surface area contributed by atoms with Crippen molar-refractivity contribution in [3.63, 3.8) is 0 Å². The highest BCUT2D eigenvalue weighted by Crippen LogP contribution is 2.38. The summed E-state index contributed by atoms with van der Waals surface area (Å²) in [5.74, 6) is -0.0464. The molecule has 0 unspecified atom stereocenters. The number of nitriles is 1. The number of aromatic nitrogens is 5. The Bertz CT molecular complexity index is 1880. The van der Waals surface area contributed by atoms with Crippen molar-refractivity contribution in [1.82, 2.24) is 24.1 Å². The molecule has 0 N–H and O–H groups in total. The van der Waals surface area contributed by atoms with Crippen LogP contribution in [0.1, 0.15) is 31.9 Å². The van der Waals surface area contributed by atoms with Gasteiger partial charge >= 0.3 is 6.18 Å². The van der Waals surface area contributed by atoms with Gasteiger partial charge in [-0.2, -0.15) is 23.5 Å². The number of sulfone groups is 1. The van der Waals surface area contributed by atoms with Gasteiger partial charge < -0.3 is 4.57 Å². The highest BCUT2D eigenvalue weighted by Gasteiger charge is 2.34. The van der Waals surface area contributed by atoms with Crippen LogP contribution in [0.25, 0.3) is 39.0 Å². The van der Waals surface area contributed by atoms with Crippen LogP contribution >= 0.6 is 0 Å². The van der Waals surface area contributed by atoms with Gasteiger partial charge in [0.15, 0.2) is 15.7 Å². The van der Waals surface area contributed by atoms with E-state index in [0.29, 0.717) is 16.6 Å². The zero-order chi connectivity index (χ0) is 26.9. The van der Waals surface area contributed by atoms with E-state index >= 15 is 0 Å². The molecule has 0 spiro atoms. The summed E-state index contributed by atoms with van der Waals surface area (Å²) in [7, 11) is -2.24. The number of hydrogen-bond acceptors (Lipinski definition) is 6. The zero-order valence-corrected chi connectivity index (χ0v) is 21.1. The first-order valence-corrected chi connectivity index (χ1v) is 12.9. The number of halogens is 3. The van der Waals surface area contributed by atoms with Crippen LogP contribution < -0.4 is 0 Å². The van der Waals surface area contributed by atoms with Crippen LogP contribution in [0.4, 0.5) is 13.2 Å². The molecule has 0 saturated carbocycles. The first-order valence-electron chi connectivity index (χ1n) is 11.3. The number of pyridine rings is 2. The summed E-state index contributed by atoms with van der Waals surface area (Å²) < 4.78 is 70.4. The molecule has 0 aliphatic heterocycles. The largest absolute Gasteiger partial charge is 0.418 e. The molecule has 0 aliphatic rings. The van der Waals surface area contributed by atoms with Gasteiger partial charge in [0.2, 0.25) is 0 Å². The van der Waals surface area contributed by atoms with E-state index in [4.69, 9.17) is 0 Å². The Hall–Kier alpha value is -3.98. The number of para-hydroxylation sites is 1. The van der Waals surface area contributed by atoms with Gasteiger partial charge in [0.1, 0.15) is 16.1 Å². The maximum Gasteiger partial charge on any atom is 0.418 e. The molecule has 8 nitrogen and oxygen atoms in total. The van der Waals surface area contributed by atoms with E-state index in [1.54, 1.807) is 39.2 Å². The average molecular weight is 527 g/mol. The molecule has 37 heavy (non-hydrogen) atoms. The summed E-state index contributed by atoms with van der Waals surface area (Å²) in [4.78, 5) is 8.52. The summed E-state index contributed by atoms with van der Waals surface area (Å²) in [5.41, 5.74) is -0.345.